The number of nitrogens with one attached hydrogen (secondary N) is 2. The van der Waals surface area contributed by atoms with Crippen molar-refractivity contribution in [3.05, 3.63) is 24.3 Å². The van der Waals surface area contributed by atoms with Gasteiger partial charge in [-0.1, -0.05) is 12.1 Å². The van der Waals surface area contributed by atoms with Gasteiger partial charge in [-0.2, -0.15) is 10.4 Å². The Hall–Kier alpha value is -2.59. The fraction of sp³-hybridized carbons (Fsp3) is 0.357. The molecule has 0 bridgehead atoms. The van der Waals surface area contributed by atoms with Crippen molar-refractivity contribution in [1.29, 1.82) is 10.7 Å². The minimum Gasteiger partial charge on any atom is -0.393 e. The molecule has 110 valence electrons. The van der Waals surface area contributed by atoms with Crippen LogP contribution in [0.5, 0.6) is 0 Å². The van der Waals surface area contributed by atoms with E-state index in [1.54, 1.807) is 6.07 Å². The van der Waals surface area contributed by atoms with Gasteiger partial charge in [0.25, 0.3) is 0 Å². The predicted octanol–water partition coefficient (Wildman–Crippen LogP) is 0.875. The molecule has 1 aromatic rings. The van der Waals surface area contributed by atoms with E-state index in [9.17, 15) is 5.11 Å². The topological polar surface area (TPSA) is 122 Å². The third-order valence-electron chi connectivity index (χ3n) is 3.36. The summed E-state index contributed by atoms with van der Waals surface area (Å²) >= 11 is 0. The maximum atomic E-state index is 9.57. The summed E-state index contributed by atoms with van der Waals surface area (Å²) in [5, 5.41) is 29.5. The van der Waals surface area contributed by atoms with Crippen LogP contribution in [0.1, 0.15) is 12.8 Å². The van der Waals surface area contributed by atoms with Crippen LogP contribution in [-0.2, 0) is 0 Å². The van der Waals surface area contributed by atoms with Crippen molar-refractivity contribution in [2.24, 2.45) is 10.8 Å². The SMILES string of the molecule is N#C/C(=N\Nc1ccccc1N1CCC(O)CC1)C(=N)N. The van der Waals surface area contributed by atoms with Crippen LogP contribution in [0.2, 0.25) is 0 Å². The van der Waals surface area contributed by atoms with E-state index in [1.165, 1.54) is 0 Å². The van der Waals surface area contributed by atoms with Crippen LogP contribution >= 0.6 is 0 Å². The molecule has 7 nitrogen and oxygen atoms in total. The molecule has 0 amide bonds. The highest BCUT2D eigenvalue weighted by molar-refractivity contribution is 6.45. The molecule has 1 aliphatic heterocycles. The Balaban J connectivity index is 2.18. The van der Waals surface area contributed by atoms with Crippen molar-refractivity contribution in [1.82, 2.24) is 0 Å². The molecule has 0 atom stereocenters. The third kappa shape index (κ3) is 3.70. The van der Waals surface area contributed by atoms with Gasteiger partial charge in [-0.05, 0) is 25.0 Å². The highest BCUT2D eigenvalue weighted by Gasteiger charge is 2.19. The zero-order valence-electron chi connectivity index (χ0n) is 11.6. The standard InChI is InChI=1S/C14H18N6O/c15-9-12(14(16)17)19-18-11-3-1-2-4-13(11)20-7-5-10(21)6-8-20/h1-4,10,18,21H,5-8H2,(H3,16,17)/b19-12+. The summed E-state index contributed by atoms with van der Waals surface area (Å²) < 4.78 is 0. The zero-order chi connectivity index (χ0) is 15.2. The second kappa shape index (κ2) is 6.72. The molecule has 7 heteroatoms. The van der Waals surface area contributed by atoms with Crippen molar-refractivity contribution in [3.8, 4) is 6.07 Å². The average molecular weight is 286 g/mol. The fourth-order valence-electron chi connectivity index (χ4n) is 2.21. The Morgan fingerprint density at radius 1 is 1.43 bits per heavy atom. The molecule has 1 aromatic carbocycles. The third-order valence-corrected chi connectivity index (χ3v) is 3.36. The largest absolute Gasteiger partial charge is 0.393 e. The summed E-state index contributed by atoms with van der Waals surface area (Å²) in [6, 6.07) is 9.35. The van der Waals surface area contributed by atoms with Crippen LogP contribution in [0.4, 0.5) is 11.4 Å². The zero-order valence-corrected chi connectivity index (χ0v) is 11.6. The first-order chi connectivity index (χ1) is 10.1. The molecule has 0 aromatic heterocycles. The number of amidine groups is 1. The summed E-state index contributed by atoms with van der Waals surface area (Å²) in [6.45, 7) is 1.53. The molecule has 2 rings (SSSR count). The van der Waals surface area contributed by atoms with Crippen molar-refractivity contribution in [2.45, 2.75) is 18.9 Å². The molecule has 0 unspecified atom stereocenters. The quantitative estimate of drug-likeness (QED) is 0.372. The molecular formula is C14H18N6O. The number of hydrogen-bond acceptors (Lipinski definition) is 6. The monoisotopic (exact) mass is 286 g/mol. The van der Waals surface area contributed by atoms with E-state index in [0.29, 0.717) is 0 Å². The molecule has 0 saturated carbocycles. The summed E-state index contributed by atoms with van der Waals surface area (Å²) in [6.07, 6.45) is 1.23. The Labute approximate surface area is 123 Å². The van der Waals surface area contributed by atoms with Crippen molar-refractivity contribution < 1.29 is 5.11 Å². The summed E-state index contributed by atoms with van der Waals surface area (Å²) in [5.74, 6) is -0.372. The van der Waals surface area contributed by atoms with Crippen LogP contribution in [0.3, 0.4) is 0 Å². The Morgan fingerprint density at radius 3 is 2.71 bits per heavy atom. The summed E-state index contributed by atoms with van der Waals surface area (Å²) in [5.41, 5.74) is 9.59. The Bertz CT molecular complexity index is 583. The average Bonchev–Trinajstić information content (AvgIpc) is 2.49. The molecular weight excluding hydrogens is 268 g/mol. The molecule has 21 heavy (non-hydrogen) atoms. The summed E-state index contributed by atoms with van der Waals surface area (Å²) in [7, 11) is 0. The minimum absolute atomic E-state index is 0.154. The van der Waals surface area contributed by atoms with Crippen LogP contribution in [0.25, 0.3) is 0 Å². The minimum atomic E-state index is -0.372. The van der Waals surface area contributed by atoms with Gasteiger partial charge in [0.2, 0.25) is 5.71 Å². The van der Waals surface area contributed by atoms with Gasteiger partial charge < -0.3 is 15.7 Å². The van der Waals surface area contributed by atoms with E-state index in [2.05, 4.69) is 15.4 Å². The van der Waals surface area contributed by atoms with Gasteiger partial charge in [0.15, 0.2) is 5.84 Å². The molecule has 0 aliphatic carbocycles. The van der Waals surface area contributed by atoms with Crippen molar-refractivity contribution in [3.63, 3.8) is 0 Å². The predicted molar refractivity (Wildman–Crippen MR) is 82.5 cm³/mol. The number of para-hydroxylation sites is 2. The fourth-order valence-corrected chi connectivity index (χ4v) is 2.21. The van der Waals surface area contributed by atoms with E-state index >= 15 is 0 Å². The highest BCUT2D eigenvalue weighted by atomic mass is 16.3. The number of nitrogens with zero attached hydrogens (tertiary/aromatic N) is 3. The first kappa shape index (κ1) is 14.8. The number of hydrazone groups is 1. The molecule has 0 spiro atoms. The molecule has 0 radical (unpaired) electrons. The normalized spacial score (nSPS) is 16.4. The van der Waals surface area contributed by atoms with Crippen LogP contribution < -0.4 is 16.1 Å². The highest BCUT2D eigenvalue weighted by Crippen LogP contribution is 2.28. The maximum absolute atomic E-state index is 9.57. The van der Waals surface area contributed by atoms with Crippen molar-refractivity contribution >= 4 is 22.9 Å². The first-order valence-corrected chi connectivity index (χ1v) is 6.72. The number of anilines is 2. The van der Waals surface area contributed by atoms with E-state index in [4.69, 9.17) is 16.4 Å². The van der Waals surface area contributed by atoms with Gasteiger partial charge in [0.1, 0.15) is 6.07 Å². The number of aliphatic hydroxyl groups excluding tert-OH is 1. The lowest BCUT2D eigenvalue weighted by molar-refractivity contribution is 0.145. The van der Waals surface area contributed by atoms with E-state index in [-0.39, 0.29) is 17.7 Å². The lowest BCUT2D eigenvalue weighted by Crippen LogP contribution is -2.36. The number of hydrogen-bond donors (Lipinski definition) is 4. The van der Waals surface area contributed by atoms with E-state index in [0.717, 1.165) is 37.3 Å². The number of nitrogens with two attached hydrogens (primary N) is 1. The van der Waals surface area contributed by atoms with Gasteiger partial charge in [-0.3, -0.25) is 10.8 Å². The molecule has 5 N–H and O–H groups in total. The lowest BCUT2D eigenvalue weighted by Gasteiger charge is -2.32. The van der Waals surface area contributed by atoms with Gasteiger partial charge in [-0.25, -0.2) is 0 Å². The Kier molecular flexibility index (Phi) is 4.74. The molecule has 1 aliphatic rings. The number of aliphatic hydroxyl groups is 1. The maximum Gasteiger partial charge on any atom is 0.201 e. The van der Waals surface area contributed by atoms with Crippen LogP contribution in [-0.4, -0.2) is 35.8 Å². The second-order valence-corrected chi connectivity index (χ2v) is 4.83. The van der Waals surface area contributed by atoms with Crippen LogP contribution in [0, 0.1) is 16.7 Å². The Morgan fingerprint density at radius 2 is 2.10 bits per heavy atom. The molecule has 1 saturated heterocycles. The van der Waals surface area contributed by atoms with E-state index in [1.807, 2.05) is 24.3 Å². The lowest BCUT2D eigenvalue weighted by atomic mass is 10.1. The number of rotatable bonds is 4. The van der Waals surface area contributed by atoms with Gasteiger partial charge in [0.05, 0.1) is 17.5 Å². The van der Waals surface area contributed by atoms with Crippen molar-refractivity contribution in [2.75, 3.05) is 23.4 Å². The number of piperidine rings is 1. The van der Waals surface area contributed by atoms with E-state index < -0.39 is 0 Å². The first-order valence-electron chi connectivity index (χ1n) is 6.72. The second-order valence-electron chi connectivity index (χ2n) is 4.83. The molecule has 1 fully saturated rings. The number of benzene rings is 1. The number of nitriles is 1. The molecule has 1 heterocycles. The van der Waals surface area contributed by atoms with Crippen LogP contribution in [0.15, 0.2) is 29.4 Å². The van der Waals surface area contributed by atoms with Gasteiger partial charge in [0, 0.05) is 13.1 Å². The van der Waals surface area contributed by atoms with Gasteiger partial charge >= 0.3 is 0 Å². The summed E-state index contributed by atoms with van der Waals surface area (Å²) in [4.78, 5) is 2.16. The smallest absolute Gasteiger partial charge is 0.201 e. The van der Waals surface area contributed by atoms with Gasteiger partial charge in [-0.15, -0.1) is 0 Å².